The summed E-state index contributed by atoms with van der Waals surface area (Å²) in [5.74, 6) is 0.588. The summed E-state index contributed by atoms with van der Waals surface area (Å²) >= 11 is 0. The molecule has 0 radical (unpaired) electrons. The minimum absolute atomic E-state index is 0.0874. The van der Waals surface area contributed by atoms with Gasteiger partial charge in [-0.15, -0.1) is 0 Å². The summed E-state index contributed by atoms with van der Waals surface area (Å²) < 4.78 is 0. The molecule has 2 aliphatic rings. The zero-order chi connectivity index (χ0) is 19.1. The molecule has 2 heterocycles. The molecule has 27 heavy (non-hydrogen) atoms. The lowest BCUT2D eigenvalue weighted by molar-refractivity contribution is -0.138. The zero-order valence-corrected chi connectivity index (χ0v) is 16.6. The summed E-state index contributed by atoms with van der Waals surface area (Å²) in [6.07, 6.45) is 6.17. The highest BCUT2D eigenvalue weighted by molar-refractivity contribution is 5.79. The predicted octanol–water partition coefficient (Wildman–Crippen LogP) is 2.38. The first-order chi connectivity index (χ1) is 13.1. The number of likely N-dealkylation sites (tertiary alicyclic amines) is 2. The van der Waals surface area contributed by atoms with Crippen LogP contribution in [0.4, 0.5) is 0 Å². The van der Waals surface area contributed by atoms with Crippen LogP contribution in [-0.2, 0) is 16.0 Å². The van der Waals surface area contributed by atoms with Crippen molar-refractivity contribution in [2.24, 2.45) is 5.92 Å². The molecule has 1 aromatic carbocycles. The fourth-order valence-electron chi connectivity index (χ4n) is 4.20. The van der Waals surface area contributed by atoms with E-state index < -0.39 is 0 Å². The first kappa shape index (κ1) is 19.9. The molecule has 148 valence electrons. The Morgan fingerprint density at radius 1 is 1.04 bits per heavy atom. The van der Waals surface area contributed by atoms with E-state index in [1.165, 1.54) is 17.5 Å². The van der Waals surface area contributed by atoms with E-state index in [2.05, 4.69) is 34.2 Å². The molecule has 2 saturated heterocycles. The van der Waals surface area contributed by atoms with Gasteiger partial charge >= 0.3 is 0 Å². The highest BCUT2D eigenvalue weighted by atomic mass is 16.2. The SMILES string of the molecule is Cc1ccccc1CCNC(=O)CN1CCC(C(=O)N2CCCCC2)CC1. The molecule has 1 aromatic rings. The van der Waals surface area contributed by atoms with Gasteiger partial charge < -0.3 is 10.2 Å². The minimum Gasteiger partial charge on any atom is -0.355 e. The lowest BCUT2D eigenvalue weighted by Crippen LogP contribution is -2.46. The first-order valence-electron chi connectivity index (χ1n) is 10.5. The molecule has 0 spiro atoms. The highest BCUT2D eigenvalue weighted by Gasteiger charge is 2.29. The summed E-state index contributed by atoms with van der Waals surface area (Å²) in [5, 5.41) is 3.04. The summed E-state index contributed by atoms with van der Waals surface area (Å²) in [6, 6.07) is 8.30. The van der Waals surface area contributed by atoms with Gasteiger partial charge in [-0.05, 0) is 69.7 Å². The van der Waals surface area contributed by atoms with E-state index in [-0.39, 0.29) is 11.8 Å². The van der Waals surface area contributed by atoms with Crippen LogP contribution in [0, 0.1) is 12.8 Å². The number of piperidine rings is 2. The van der Waals surface area contributed by atoms with E-state index in [1.54, 1.807) is 0 Å². The average molecular weight is 372 g/mol. The maximum absolute atomic E-state index is 12.6. The molecule has 0 aliphatic carbocycles. The standard InChI is InChI=1S/C22H33N3O2/c1-18-7-3-4-8-19(18)9-12-23-21(26)17-24-15-10-20(11-16-24)22(27)25-13-5-2-6-14-25/h3-4,7-8,20H,2,5-6,9-17H2,1H3,(H,23,26). The fraction of sp³-hybridized carbons (Fsp3) is 0.636. The predicted molar refractivity (Wildman–Crippen MR) is 107 cm³/mol. The Kier molecular flexibility index (Phi) is 7.27. The van der Waals surface area contributed by atoms with E-state index in [1.807, 2.05) is 12.1 Å². The van der Waals surface area contributed by atoms with Gasteiger partial charge in [0.15, 0.2) is 0 Å². The van der Waals surface area contributed by atoms with Crippen LogP contribution in [0.15, 0.2) is 24.3 Å². The van der Waals surface area contributed by atoms with Crippen molar-refractivity contribution >= 4 is 11.8 Å². The lowest BCUT2D eigenvalue weighted by atomic mass is 9.94. The Morgan fingerprint density at radius 2 is 1.74 bits per heavy atom. The Hall–Kier alpha value is -1.88. The molecule has 0 bridgehead atoms. The van der Waals surface area contributed by atoms with Gasteiger partial charge in [0.2, 0.25) is 11.8 Å². The quantitative estimate of drug-likeness (QED) is 0.835. The van der Waals surface area contributed by atoms with Gasteiger partial charge in [-0.3, -0.25) is 14.5 Å². The topological polar surface area (TPSA) is 52.7 Å². The Morgan fingerprint density at radius 3 is 2.44 bits per heavy atom. The molecule has 1 N–H and O–H groups in total. The molecule has 2 fully saturated rings. The third-order valence-electron chi connectivity index (χ3n) is 5.95. The molecule has 0 unspecified atom stereocenters. The molecule has 2 aliphatic heterocycles. The number of hydrogen-bond acceptors (Lipinski definition) is 3. The number of rotatable bonds is 6. The number of nitrogens with one attached hydrogen (secondary N) is 1. The van der Waals surface area contributed by atoms with Gasteiger partial charge in [0.1, 0.15) is 0 Å². The molecule has 5 nitrogen and oxygen atoms in total. The van der Waals surface area contributed by atoms with Crippen molar-refractivity contribution in [3.63, 3.8) is 0 Å². The number of benzene rings is 1. The van der Waals surface area contributed by atoms with Crippen molar-refractivity contribution in [2.75, 3.05) is 39.3 Å². The van der Waals surface area contributed by atoms with Crippen LogP contribution in [0.1, 0.15) is 43.2 Å². The van der Waals surface area contributed by atoms with Crippen molar-refractivity contribution in [1.29, 1.82) is 0 Å². The maximum atomic E-state index is 12.6. The van der Waals surface area contributed by atoms with Crippen LogP contribution in [0.3, 0.4) is 0 Å². The summed E-state index contributed by atoms with van der Waals surface area (Å²) in [7, 11) is 0. The van der Waals surface area contributed by atoms with Crippen LogP contribution >= 0.6 is 0 Å². The van der Waals surface area contributed by atoms with Crippen LogP contribution < -0.4 is 5.32 Å². The van der Waals surface area contributed by atoms with E-state index in [0.29, 0.717) is 19.0 Å². The minimum atomic E-state index is 0.0874. The first-order valence-corrected chi connectivity index (χ1v) is 10.5. The molecular formula is C22H33N3O2. The number of amides is 2. The van der Waals surface area contributed by atoms with Gasteiger partial charge in [-0.2, -0.15) is 0 Å². The van der Waals surface area contributed by atoms with E-state index in [4.69, 9.17) is 0 Å². The largest absolute Gasteiger partial charge is 0.355 e. The number of hydrogen-bond donors (Lipinski definition) is 1. The van der Waals surface area contributed by atoms with Crippen molar-refractivity contribution in [3.05, 3.63) is 35.4 Å². The van der Waals surface area contributed by atoms with E-state index >= 15 is 0 Å². The Balaban J connectivity index is 1.34. The van der Waals surface area contributed by atoms with Crippen molar-refractivity contribution in [3.8, 4) is 0 Å². The summed E-state index contributed by atoms with van der Waals surface area (Å²) in [6.45, 7) is 6.77. The van der Waals surface area contributed by atoms with Crippen LogP contribution in [-0.4, -0.2) is 60.9 Å². The van der Waals surface area contributed by atoms with Gasteiger partial charge in [-0.1, -0.05) is 24.3 Å². The highest BCUT2D eigenvalue weighted by Crippen LogP contribution is 2.21. The number of carbonyl (C=O) groups is 2. The normalized spacial score (nSPS) is 19.1. The lowest BCUT2D eigenvalue weighted by Gasteiger charge is -2.35. The zero-order valence-electron chi connectivity index (χ0n) is 16.6. The molecule has 0 saturated carbocycles. The molecule has 0 aromatic heterocycles. The van der Waals surface area contributed by atoms with Crippen molar-refractivity contribution < 1.29 is 9.59 Å². The van der Waals surface area contributed by atoms with Crippen LogP contribution in [0.5, 0.6) is 0 Å². The average Bonchev–Trinajstić information content (AvgIpc) is 2.70. The van der Waals surface area contributed by atoms with E-state index in [9.17, 15) is 9.59 Å². The Labute approximate surface area is 163 Å². The van der Waals surface area contributed by atoms with Crippen molar-refractivity contribution in [1.82, 2.24) is 15.1 Å². The smallest absolute Gasteiger partial charge is 0.234 e. The monoisotopic (exact) mass is 371 g/mol. The fourth-order valence-corrected chi connectivity index (χ4v) is 4.20. The van der Waals surface area contributed by atoms with Gasteiger partial charge in [-0.25, -0.2) is 0 Å². The second-order valence-corrected chi connectivity index (χ2v) is 7.96. The van der Waals surface area contributed by atoms with Gasteiger partial charge in [0, 0.05) is 25.6 Å². The number of carbonyl (C=O) groups excluding carboxylic acids is 2. The third kappa shape index (κ3) is 5.80. The second kappa shape index (κ2) is 9.88. The van der Waals surface area contributed by atoms with Crippen molar-refractivity contribution in [2.45, 2.75) is 45.4 Å². The molecular weight excluding hydrogens is 338 g/mol. The molecule has 2 amide bonds. The van der Waals surface area contributed by atoms with Gasteiger partial charge in [0.05, 0.1) is 6.54 Å². The summed E-state index contributed by atoms with van der Waals surface area (Å²) in [5.41, 5.74) is 2.56. The van der Waals surface area contributed by atoms with Gasteiger partial charge in [0.25, 0.3) is 0 Å². The van der Waals surface area contributed by atoms with Crippen LogP contribution in [0.2, 0.25) is 0 Å². The molecule has 0 atom stereocenters. The molecule has 3 rings (SSSR count). The van der Waals surface area contributed by atoms with Crippen LogP contribution in [0.25, 0.3) is 0 Å². The Bertz CT molecular complexity index is 632. The summed E-state index contributed by atoms with van der Waals surface area (Å²) in [4.78, 5) is 29.1. The van der Waals surface area contributed by atoms with E-state index in [0.717, 1.165) is 58.3 Å². The second-order valence-electron chi connectivity index (χ2n) is 7.96. The maximum Gasteiger partial charge on any atom is 0.234 e. The third-order valence-corrected chi connectivity index (χ3v) is 5.95. The number of nitrogens with zero attached hydrogens (tertiary/aromatic N) is 2. The molecule has 5 heteroatoms. The number of aryl methyl sites for hydroxylation is 1.